The number of carbonyl (C=O) groups is 1. The number of hydrogen-bond acceptors (Lipinski definition) is 3. The van der Waals surface area contributed by atoms with E-state index >= 15 is 0 Å². The minimum atomic E-state index is -0.783. The highest BCUT2D eigenvalue weighted by molar-refractivity contribution is 5.97. The Hall–Kier alpha value is -1.55. The Morgan fingerprint density at radius 1 is 1.28 bits per heavy atom. The van der Waals surface area contributed by atoms with E-state index in [1.54, 1.807) is 38.3 Å². The summed E-state index contributed by atoms with van der Waals surface area (Å²) in [6.45, 7) is 6.13. The zero-order chi connectivity index (χ0) is 13.6. The molecule has 1 N–H and O–H groups in total. The average Bonchev–Trinajstić information content (AvgIpc) is 2.39. The molecule has 0 bridgehead atoms. The molecular formula is C14H21NO3. The van der Waals surface area contributed by atoms with E-state index in [4.69, 9.17) is 9.47 Å². The third kappa shape index (κ3) is 3.47. The molecule has 1 aromatic carbocycles. The lowest BCUT2D eigenvalue weighted by Crippen LogP contribution is -2.42. The molecule has 0 saturated heterocycles. The van der Waals surface area contributed by atoms with E-state index in [0.29, 0.717) is 13.0 Å². The van der Waals surface area contributed by atoms with Gasteiger partial charge in [0.2, 0.25) is 0 Å². The van der Waals surface area contributed by atoms with Crippen molar-refractivity contribution in [2.45, 2.75) is 32.8 Å². The van der Waals surface area contributed by atoms with Gasteiger partial charge in [-0.05, 0) is 44.5 Å². The van der Waals surface area contributed by atoms with Crippen molar-refractivity contribution in [3.8, 4) is 5.75 Å². The van der Waals surface area contributed by atoms with E-state index in [-0.39, 0.29) is 5.91 Å². The van der Waals surface area contributed by atoms with Crippen LogP contribution < -0.4 is 10.1 Å². The smallest absolute Gasteiger partial charge is 0.256 e. The SMILES string of the molecule is CCO[C@](C)(CC)C(=O)Nc1ccc(OC)cc1. The molecule has 4 heteroatoms. The number of anilines is 1. The summed E-state index contributed by atoms with van der Waals surface area (Å²) in [4.78, 5) is 12.1. The second-order valence-corrected chi connectivity index (χ2v) is 4.20. The number of methoxy groups -OCH3 is 1. The first kappa shape index (κ1) is 14.5. The summed E-state index contributed by atoms with van der Waals surface area (Å²) in [5.41, 5.74) is -0.0468. The van der Waals surface area contributed by atoms with Crippen molar-refractivity contribution in [2.75, 3.05) is 19.0 Å². The normalized spacial score (nSPS) is 13.8. The lowest BCUT2D eigenvalue weighted by Gasteiger charge is -2.26. The van der Waals surface area contributed by atoms with E-state index < -0.39 is 5.60 Å². The summed E-state index contributed by atoms with van der Waals surface area (Å²) in [6, 6.07) is 7.22. The fourth-order valence-corrected chi connectivity index (χ4v) is 1.58. The third-order valence-electron chi connectivity index (χ3n) is 2.97. The van der Waals surface area contributed by atoms with E-state index in [1.807, 2.05) is 13.8 Å². The van der Waals surface area contributed by atoms with Crippen LogP contribution in [0, 0.1) is 0 Å². The molecule has 0 aliphatic heterocycles. The van der Waals surface area contributed by atoms with Crippen LogP contribution in [0.2, 0.25) is 0 Å². The lowest BCUT2D eigenvalue weighted by molar-refractivity contribution is -0.139. The quantitative estimate of drug-likeness (QED) is 0.845. The first-order valence-electron chi connectivity index (χ1n) is 6.15. The molecule has 0 aliphatic carbocycles. The van der Waals surface area contributed by atoms with E-state index in [0.717, 1.165) is 11.4 Å². The number of carbonyl (C=O) groups excluding carboxylic acids is 1. The van der Waals surface area contributed by atoms with Gasteiger partial charge in [0, 0.05) is 12.3 Å². The van der Waals surface area contributed by atoms with E-state index in [9.17, 15) is 4.79 Å². The Kier molecular flexibility index (Phi) is 5.16. The molecule has 18 heavy (non-hydrogen) atoms. The van der Waals surface area contributed by atoms with Crippen LogP contribution in [0.1, 0.15) is 27.2 Å². The van der Waals surface area contributed by atoms with Crippen molar-refractivity contribution in [3.05, 3.63) is 24.3 Å². The highest BCUT2D eigenvalue weighted by Crippen LogP contribution is 2.20. The molecule has 0 spiro atoms. The summed E-state index contributed by atoms with van der Waals surface area (Å²) in [5.74, 6) is 0.632. The predicted molar refractivity (Wildman–Crippen MR) is 71.9 cm³/mol. The number of ether oxygens (including phenoxy) is 2. The Bertz CT molecular complexity index is 389. The monoisotopic (exact) mass is 251 g/mol. The van der Waals surface area contributed by atoms with E-state index in [1.165, 1.54) is 0 Å². The third-order valence-corrected chi connectivity index (χ3v) is 2.97. The van der Waals surface area contributed by atoms with Gasteiger partial charge in [-0.2, -0.15) is 0 Å². The largest absolute Gasteiger partial charge is 0.497 e. The second kappa shape index (κ2) is 6.40. The number of amides is 1. The number of hydrogen-bond donors (Lipinski definition) is 1. The van der Waals surface area contributed by atoms with Crippen LogP contribution in [-0.4, -0.2) is 25.2 Å². The summed E-state index contributed by atoms with van der Waals surface area (Å²) in [7, 11) is 1.61. The summed E-state index contributed by atoms with van der Waals surface area (Å²) < 4.78 is 10.6. The van der Waals surface area contributed by atoms with Crippen molar-refractivity contribution in [3.63, 3.8) is 0 Å². The maximum Gasteiger partial charge on any atom is 0.256 e. The minimum Gasteiger partial charge on any atom is -0.497 e. The minimum absolute atomic E-state index is 0.128. The van der Waals surface area contributed by atoms with Gasteiger partial charge >= 0.3 is 0 Å². The fraction of sp³-hybridized carbons (Fsp3) is 0.500. The van der Waals surface area contributed by atoms with Crippen LogP contribution >= 0.6 is 0 Å². The number of rotatable bonds is 6. The molecule has 0 heterocycles. The van der Waals surface area contributed by atoms with E-state index in [2.05, 4.69) is 5.32 Å². The second-order valence-electron chi connectivity index (χ2n) is 4.20. The van der Waals surface area contributed by atoms with Crippen molar-refractivity contribution in [2.24, 2.45) is 0 Å². The Labute approximate surface area is 108 Å². The topological polar surface area (TPSA) is 47.6 Å². The zero-order valence-corrected chi connectivity index (χ0v) is 11.4. The summed E-state index contributed by atoms with van der Waals surface area (Å²) in [6.07, 6.45) is 0.628. The van der Waals surface area contributed by atoms with Crippen LogP contribution in [0.25, 0.3) is 0 Å². The fourth-order valence-electron chi connectivity index (χ4n) is 1.58. The van der Waals surface area contributed by atoms with Gasteiger partial charge in [-0.1, -0.05) is 6.92 Å². The van der Waals surface area contributed by atoms with Crippen molar-refractivity contribution in [1.82, 2.24) is 0 Å². The molecule has 0 fully saturated rings. The molecule has 1 atom stereocenters. The van der Waals surface area contributed by atoms with Gasteiger partial charge < -0.3 is 14.8 Å². The average molecular weight is 251 g/mol. The predicted octanol–water partition coefficient (Wildman–Crippen LogP) is 2.84. The molecule has 1 amide bonds. The van der Waals surface area contributed by atoms with Gasteiger partial charge in [0.25, 0.3) is 5.91 Å². The van der Waals surface area contributed by atoms with Crippen molar-refractivity contribution >= 4 is 11.6 Å². The Balaban J connectivity index is 2.73. The molecule has 1 rings (SSSR count). The van der Waals surface area contributed by atoms with Crippen LogP contribution in [0.5, 0.6) is 5.75 Å². The molecule has 0 unspecified atom stereocenters. The van der Waals surface area contributed by atoms with Crippen LogP contribution in [-0.2, 0) is 9.53 Å². The Morgan fingerprint density at radius 3 is 2.33 bits per heavy atom. The van der Waals surface area contributed by atoms with Crippen LogP contribution in [0.3, 0.4) is 0 Å². The van der Waals surface area contributed by atoms with Crippen LogP contribution in [0.4, 0.5) is 5.69 Å². The van der Waals surface area contributed by atoms with Crippen LogP contribution in [0.15, 0.2) is 24.3 Å². The molecule has 0 aliphatic rings. The molecule has 4 nitrogen and oxygen atoms in total. The first-order chi connectivity index (χ1) is 8.55. The molecule has 1 aromatic rings. The zero-order valence-electron chi connectivity index (χ0n) is 11.4. The van der Waals surface area contributed by atoms with Gasteiger partial charge in [0.1, 0.15) is 11.4 Å². The highest BCUT2D eigenvalue weighted by atomic mass is 16.5. The van der Waals surface area contributed by atoms with Crippen molar-refractivity contribution < 1.29 is 14.3 Å². The lowest BCUT2D eigenvalue weighted by atomic mass is 10.0. The molecule has 0 radical (unpaired) electrons. The molecule has 0 saturated carbocycles. The Morgan fingerprint density at radius 2 is 1.89 bits per heavy atom. The van der Waals surface area contributed by atoms with Gasteiger partial charge in [-0.25, -0.2) is 0 Å². The van der Waals surface area contributed by atoms with Gasteiger partial charge in [0.05, 0.1) is 7.11 Å². The van der Waals surface area contributed by atoms with Crippen molar-refractivity contribution in [1.29, 1.82) is 0 Å². The van der Waals surface area contributed by atoms with Gasteiger partial charge in [-0.3, -0.25) is 4.79 Å². The number of nitrogens with one attached hydrogen (secondary N) is 1. The highest BCUT2D eigenvalue weighted by Gasteiger charge is 2.31. The molecule has 0 aromatic heterocycles. The first-order valence-corrected chi connectivity index (χ1v) is 6.15. The maximum atomic E-state index is 12.1. The summed E-state index contributed by atoms with van der Waals surface area (Å²) in [5, 5.41) is 2.85. The maximum absolute atomic E-state index is 12.1. The standard InChI is InChI=1S/C14H21NO3/c1-5-14(3,18-6-2)13(16)15-11-7-9-12(17-4)10-8-11/h7-10H,5-6H2,1-4H3,(H,15,16)/t14-/m1/s1. The number of benzene rings is 1. The molecule has 100 valence electrons. The molecular weight excluding hydrogens is 230 g/mol. The van der Waals surface area contributed by atoms with Gasteiger partial charge in [0.15, 0.2) is 0 Å². The van der Waals surface area contributed by atoms with Gasteiger partial charge in [-0.15, -0.1) is 0 Å². The summed E-state index contributed by atoms with van der Waals surface area (Å²) >= 11 is 0.